The largest absolute Gasteiger partial charge is 0.311 e. The molecule has 0 aliphatic heterocycles. The van der Waals surface area contributed by atoms with Gasteiger partial charge < -0.3 is 4.74 Å². The summed E-state index contributed by atoms with van der Waals surface area (Å²) < 4.78 is 59.2. The van der Waals surface area contributed by atoms with Crippen LogP contribution < -0.4 is 9.44 Å². The first-order valence-electron chi connectivity index (χ1n) is 6.64. The molecule has 0 fully saturated rings. The number of hydrogen-bond donors (Lipinski definition) is 2. The van der Waals surface area contributed by atoms with Crippen LogP contribution >= 0.6 is 0 Å². The fourth-order valence-corrected chi connectivity index (χ4v) is 2.99. The Morgan fingerprint density at radius 2 is 1.71 bits per heavy atom. The molecule has 9 heteroatoms. The molecular weight excluding hydrogens is 322 g/mol. The molecule has 0 saturated carbocycles. The Kier molecular flexibility index (Phi) is 8.63. The Morgan fingerprint density at radius 1 is 1.19 bits per heavy atom. The maximum atomic E-state index is 14.2. The summed E-state index contributed by atoms with van der Waals surface area (Å²) in [6, 6.07) is 0. The highest BCUT2D eigenvalue weighted by Gasteiger charge is 2.34. The number of rotatable bonds is 9. The van der Waals surface area contributed by atoms with Crippen molar-refractivity contribution in [3.8, 4) is 0 Å². The smallest absolute Gasteiger partial charge is 0.275 e. The van der Waals surface area contributed by atoms with Gasteiger partial charge >= 0.3 is 0 Å². The van der Waals surface area contributed by atoms with E-state index in [1.807, 2.05) is 13.8 Å². The quantitative estimate of drug-likeness (QED) is 0.494. The first-order valence-corrected chi connectivity index (χ1v) is 9.11. The Hall–Kier alpha value is 0.0400. The third-order valence-electron chi connectivity index (χ3n) is 2.08. The number of halogens is 2. The minimum Gasteiger partial charge on any atom is -0.311 e. The first kappa shape index (κ1) is 21.0. The van der Waals surface area contributed by atoms with Crippen LogP contribution in [0.1, 0.15) is 41.5 Å². The normalized spacial score (nSPS) is 20.0. The van der Waals surface area contributed by atoms with Crippen molar-refractivity contribution in [3.63, 3.8) is 0 Å². The lowest BCUT2D eigenvalue weighted by Crippen LogP contribution is -2.52. The molecule has 0 rings (SSSR count). The van der Waals surface area contributed by atoms with E-state index in [9.17, 15) is 17.2 Å². The molecule has 0 aromatic rings. The van der Waals surface area contributed by atoms with Crippen LogP contribution in [0.2, 0.25) is 0 Å². The second-order valence-electron chi connectivity index (χ2n) is 6.18. The third-order valence-corrected chi connectivity index (χ3v) is 5.24. The number of nitrogens with one attached hydrogen (secondary N) is 2. The molecule has 0 aromatic carbocycles. The van der Waals surface area contributed by atoms with Gasteiger partial charge in [0.15, 0.2) is 6.23 Å². The van der Waals surface area contributed by atoms with Crippen LogP contribution in [0.15, 0.2) is 0 Å². The van der Waals surface area contributed by atoms with E-state index in [2.05, 4.69) is 9.44 Å². The van der Waals surface area contributed by atoms with Crippen molar-refractivity contribution in [1.82, 2.24) is 9.44 Å². The zero-order valence-corrected chi connectivity index (χ0v) is 15.0. The van der Waals surface area contributed by atoms with Crippen LogP contribution in [0.4, 0.5) is 8.78 Å². The third kappa shape index (κ3) is 9.62. The lowest BCUT2D eigenvalue weighted by molar-refractivity contribution is -0.179. The fraction of sp³-hybridized carbons (Fsp3) is 1.00. The van der Waals surface area contributed by atoms with Gasteiger partial charge in [-0.1, -0.05) is 13.8 Å². The summed E-state index contributed by atoms with van der Waals surface area (Å²) in [4.78, 5) is 0. The van der Waals surface area contributed by atoms with Crippen LogP contribution in [-0.4, -0.2) is 37.8 Å². The first-order chi connectivity index (χ1) is 9.37. The molecule has 0 aliphatic rings. The van der Waals surface area contributed by atoms with Crippen molar-refractivity contribution in [2.45, 2.75) is 58.5 Å². The van der Waals surface area contributed by atoms with E-state index in [-0.39, 0.29) is 5.92 Å². The molecule has 0 aliphatic carbocycles. The van der Waals surface area contributed by atoms with Gasteiger partial charge in [-0.25, -0.2) is 17.5 Å². The van der Waals surface area contributed by atoms with Gasteiger partial charge in [0.25, 0.3) is 5.98 Å². The molecule has 0 heterocycles. The van der Waals surface area contributed by atoms with Crippen molar-refractivity contribution in [3.05, 3.63) is 0 Å². The molecule has 0 aromatic heterocycles. The molecular formula is C12H26F2N2O3S2. The van der Waals surface area contributed by atoms with Gasteiger partial charge in [0, 0.05) is 12.7 Å². The van der Waals surface area contributed by atoms with Gasteiger partial charge in [-0.15, -0.1) is 0 Å². The summed E-state index contributed by atoms with van der Waals surface area (Å²) in [5.41, 5.74) is 0. The maximum Gasteiger partial charge on any atom is 0.275 e. The SMILES string of the molecule is CC(C)CS(=O)N[C@@H](CF)O[C@](C)(F)NS(=O)C(C)(C)C. The topological polar surface area (TPSA) is 67.4 Å². The lowest BCUT2D eigenvalue weighted by atomic mass is 10.3. The Bertz CT molecular complexity index is 374. The summed E-state index contributed by atoms with van der Waals surface area (Å²) in [6.07, 6.45) is -1.39. The van der Waals surface area contributed by atoms with Crippen molar-refractivity contribution in [2.75, 3.05) is 12.4 Å². The standard InChI is InChI=1S/C12H26F2N2O3S2/c1-9(2)8-20(17)15-10(7-13)19-12(6,14)16-21(18)11(3,4)5/h9-10,15-16H,7-8H2,1-6H3/t10-,12-,20?,21?/m1/s1. The summed E-state index contributed by atoms with van der Waals surface area (Å²) in [7, 11) is -3.25. The summed E-state index contributed by atoms with van der Waals surface area (Å²) in [5.74, 6) is -2.07. The molecule has 0 radical (unpaired) electrons. The molecule has 0 bridgehead atoms. The maximum absolute atomic E-state index is 14.2. The van der Waals surface area contributed by atoms with Gasteiger partial charge in [0.2, 0.25) is 0 Å². The highest BCUT2D eigenvalue weighted by Crippen LogP contribution is 2.17. The minimum absolute atomic E-state index is 0.141. The van der Waals surface area contributed by atoms with E-state index < -0.39 is 45.6 Å². The van der Waals surface area contributed by atoms with E-state index in [1.54, 1.807) is 20.8 Å². The summed E-state index contributed by atoms with van der Waals surface area (Å²) in [6.45, 7) is 8.63. The van der Waals surface area contributed by atoms with E-state index in [0.717, 1.165) is 6.92 Å². The van der Waals surface area contributed by atoms with E-state index >= 15 is 0 Å². The molecule has 4 atom stereocenters. The summed E-state index contributed by atoms with van der Waals surface area (Å²) in [5, 5.41) is 0. The van der Waals surface area contributed by atoms with Crippen LogP contribution in [0, 0.1) is 5.92 Å². The van der Waals surface area contributed by atoms with Crippen LogP contribution in [0.3, 0.4) is 0 Å². The molecule has 0 spiro atoms. The predicted molar refractivity (Wildman–Crippen MR) is 82.4 cm³/mol. The monoisotopic (exact) mass is 348 g/mol. The zero-order valence-electron chi connectivity index (χ0n) is 13.4. The Labute approximate surface area is 130 Å². The lowest BCUT2D eigenvalue weighted by Gasteiger charge is -2.29. The molecule has 5 nitrogen and oxygen atoms in total. The van der Waals surface area contributed by atoms with E-state index in [4.69, 9.17) is 4.74 Å². The van der Waals surface area contributed by atoms with Crippen LogP contribution in [-0.2, 0) is 26.7 Å². The van der Waals surface area contributed by atoms with Crippen molar-refractivity contribution < 1.29 is 21.9 Å². The van der Waals surface area contributed by atoms with E-state index in [1.165, 1.54) is 0 Å². The van der Waals surface area contributed by atoms with Gasteiger partial charge in [0.1, 0.15) is 17.7 Å². The predicted octanol–water partition coefficient (Wildman–Crippen LogP) is 1.90. The van der Waals surface area contributed by atoms with Gasteiger partial charge in [-0.2, -0.15) is 9.11 Å². The number of hydrogen-bond acceptors (Lipinski definition) is 3. The number of ether oxygens (including phenoxy) is 1. The van der Waals surface area contributed by atoms with Crippen molar-refractivity contribution >= 4 is 22.0 Å². The van der Waals surface area contributed by atoms with Crippen molar-refractivity contribution in [2.24, 2.45) is 5.92 Å². The molecule has 21 heavy (non-hydrogen) atoms. The average Bonchev–Trinajstić information content (AvgIpc) is 2.24. The second-order valence-corrected chi connectivity index (χ2v) is 9.41. The Morgan fingerprint density at radius 3 is 2.10 bits per heavy atom. The van der Waals surface area contributed by atoms with Gasteiger partial charge in [-0.05, 0) is 26.7 Å². The van der Waals surface area contributed by atoms with Gasteiger partial charge in [0.05, 0.1) is 15.7 Å². The molecule has 0 saturated heterocycles. The van der Waals surface area contributed by atoms with Gasteiger partial charge in [-0.3, -0.25) is 0 Å². The zero-order chi connectivity index (χ0) is 16.8. The number of alkyl halides is 2. The fourth-order valence-electron chi connectivity index (χ4n) is 1.19. The van der Waals surface area contributed by atoms with Crippen molar-refractivity contribution in [1.29, 1.82) is 0 Å². The van der Waals surface area contributed by atoms with Crippen LogP contribution in [0.25, 0.3) is 0 Å². The molecule has 2 unspecified atom stereocenters. The highest BCUT2D eigenvalue weighted by atomic mass is 32.2. The molecule has 0 amide bonds. The second kappa shape index (κ2) is 8.61. The van der Waals surface area contributed by atoms with Crippen LogP contribution in [0.5, 0.6) is 0 Å². The minimum atomic E-state index is -2.51. The summed E-state index contributed by atoms with van der Waals surface area (Å²) >= 11 is 0. The molecule has 128 valence electrons. The van der Waals surface area contributed by atoms with E-state index in [0.29, 0.717) is 5.75 Å². The Balaban J connectivity index is 4.58. The highest BCUT2D eigenvalue weighted by molar-refractivity contribution is 7.84. The average molecular weight is 348 g/mol. The molecule has 2 N–H and O–H groups in total.